The summed E-state index contributed by atoms with van der Waals surface area (Å²) >= 11 is 5.81. The van der Waals surface area contributed by atoms with Gasteiger partial charge < -0.3 is 4.90 Å². The minimum Gasteiger partial charge on any atom is -0.354 e. The van der Waals surface area contributed by atoms with Gasteiger partial charge in [-0.3, -0.25) is 9.19 Å². The number of anilines is 1. The van der Waals surface area contributed by atoms with Crippen LogP contribution in [0.2, 0.25) is 5.15 Å². The molecule has 0 aliphatic heterocycles. The van der Waals surface area contributed by atoms with Crippen LogP contribution >= 0.6 is 11.6 Å². The molecule has 0 N–H and O–H groups in total. The quantitative estimate of drug-likeness (QED) is 0.869. The van der Waals surface area contributed by atoms with Crippen LogP contribution in [0.3, 0.4) is 0 Å². The predicted molar refractivity (Wildman–Crippen MR) is 77.9 cm³/mol. The lowest BCUT2D eigenvalue weighted by Crippen LogP contribution is -2.17. The van der Waals surface area contributed by atoms with Crippen LogP contribution in [0.4, 0.5) is 5.82 Å². The maximum Gasteiger partial charge on any atom is 0.149 e. The number of hydrogen-bond acceptors (Lipinski definition) is 4. The van der Waals surface area contributed by atoms with Crippen molar-refractivity contribution in [1.82, 2.24) is 9.97 Å². The molecule has 4 nitrogen and oxygen atoms in total. The van der Waals surface area contributed by atoms with Crippen LogP contribution in [0.1, 0.15) is 5.56 Å². The molecule has 0 aliphatic rings. The highest BCUT2D eigenvalue weighted by atomic mass is 35.5. The highest BCUT2D eigenvalue weighted by Gasteiger charge is 2.05. The minimum absolute atomic E-state index is 0.376. The van der Waals surface area contributed by atoms with Gasteiger partial charge >= 0.3 is 0 Å². The average molecular weight is 296 g/mol. The number of nitrogens with zero attached hydrogens (tertiary/aromatic N) is 3. The molecule has 0 fully saturated rings. The summed E-state index contributed by atoms with van der Waals surface area (Å²) in [4.78, 5) is 11.0. The molecule has 6 heteroatoms. The lowest BCUT2D eigenvalue weighted by Gasteiger charge is -2.17. The minimum atomic E-state index is -0.942. The molecule has 2 aromatic rings. The lowest BCUT2D eigenvalue weighted by atomic mass is 10.2. The molecule has 0 saturated heterocycles. The van der Waals surface area contributed by atoms with Crippen molar-refractivity contribution in [2.45, 2.75) is 11.4 Å². The van der Waals surface area contributed by atoms with E-state index in [9.17, 15) is 4.21 Å². The first-order chi connectivity index (χ1) is 9.06. The Morgan fingerprint density at radius 1 is 1.26 bits per heavy atom. The molecule has 2 rings (SSSR count). The highest BCUT2D eigenvalue weighted by molar-refractivity contribution is 7.84. The van der Waals surface area contributed by atoms with Crippen molar-refractivity contribution in [3.05, 3.63) is 47.4 Å². The molecule has 0 bridgehead atoms. The van der Waals surface area contributed by atoms with Gasteiger partial charge in [-0.15, -0.1) is 0 Å². The smallest absolute Gasteiger partial charge is 0.149 e. The zero-order valence-electron chi connectivity index (χ0n) is 10.7. The van der Waals surface area contributed by atoms with E-state index >= 15 is 0 Å². The third kappa shape index (κ3) is 3.75. The van der Waals surface area contributed by atoms with E-state index in [0.29, 0.717) is 11.7 Å². The summed E-state index contributed by atoms with van der Waals surface area (Å²) < 4.78 is 11.3. The molecule has 19 heavy (non-hydrogen) atoms. The third-order valence-electron chi connectivity index (χ3n) is 2.66. The summed E-state index contributed by atoms with van der Waals surface area (Å²) in [5, 5.41) is 0.376. The van der Waals surface area contributed by atoms with E-state index in [-0.39, 0.29) is 0 Å². The van der Waals surface area contributed by atoms with Crippen LogP contribution in [-0.4, -0.2) is 27.5 Å². The fourth-order valence-corrected chi connectivity index (χ4v) is 2.32. The normalized spacial score (nSPS) is 12.2. The Balaban J connectivity index is 2.10. The predicted octanol–water partition coefficient (Wildman–Crippen LogP) is 2.50. The van der Waals surface area contributed by atoms with Gasteiger partial charge in [-0.25, -0.2) is 4.98 Å². The topological polar surface area (TPSA) is 46.1 Å². The third-order valence-corrected chi connectivity index (χ3v) is 3.78. The fraction of sp³-hybridized carbons (Fsp3) is 0.231. The van der Waals surface area contributed by atoms with E-state index in [4.69, 9.17) is 11.6 Å². The monoisotopic (exact) mass is 295 g/mol. The van der Waals surface area contributed by atoms with Crippen molar-refractivity contribution < 1.29 is 4.21 Å². The molecule has 1 atom stereocenters. The maximum absolute atomic E-state index is 11.3. The van der Waals surface area contributed by atoms with Gasteiger partial charge in [-0.2, -0.15) is 0 Å². The SMILES string of the molecule is CN(Cc1ccc([S@](C)=O)cc1)c1cncc(Cl)n1. The first-order valence-corrected chi connectivity index (χ1v) is 7.61. The molecule has 100 valence electrons. The summed E-state index contributed by atoms with van der Waals surface area (Å²) in [6, 6.07) is 7.68. The fourth-order valence-electron chi connectivity index (χ4n) is 1.66. The van der Waals surface area contributed by atoms with Crippen molar-refractivity contribution in [2.75, 3.05) is 18.2 Å². The second-order valence-corrected chi connectivity index (χ2v) is 5.92. The second kappa shape index (κ2) is 6.12. The van der Waals surface area contributed by atoms with E-state index in [1.165, 1.54) is 6.20 Å². The van der Waals surface area contributed by atoms with Crippen LogP contribution < -0.4 is 4.90 Å². The molecule has 0 radical (unpaired) electrons. The lowest BCUT2D eigenvalue weighted by molar-refractivity contribution is 0.687. The molecule has 1 heterocycles. The first-order valence-electron chi connectivity index (χ1n) is 5.67. The molecule has 0 aliphatic carbocycles. The van der Waals surface area contributed by atoms with Crippen molar-refractivity contribution >= 4 is 28.2 Å². The number of halogens is 1. The first kappa shape index (κ1) is 14.0. The number of aromatic nitrogens is 2. The summed E-state index contributed by atoms with van der Waals surface area (Å²) in [7, 11) is 0.980. The molecular formula is C13H14ClN3OS. The van der Waals surface area contributed by atoms with E-state index in [1.807, 2.05) is 36.2 Å². The summed E-state index contributed by atoms with van der Waals surface area (Å²) in [5.74, 6) is 0.718. The summed E-state index contributed by atoms with van der Waals surface area (Å²) in [6.45, 7) is 0.686. The Hall–Kier alpha value is -1.46. The van der Waals surface area contributed by atoms with Crippen LogP contribution in [0.5, 0.6) is 0 Å². The standard InChI is InChI=1S/C13H14ClN3OS/c1-17(13-8-15-7-12(14)16-13)9-10-3-5-11(6-4-10)19(2)18/h3-8H,9H2,1-2H3/t19-/m0/s1. The van der Waals surface area contributed by atoms with Crippen LogP contribution in [0.25, 0.3) is 0 Å². The van der Waals surface area contributed by atoms with E-state index in [2.05, 4.69) is 9.97 Å². The Kier molecular flexibility index (Phi) is 4.50. The van der Waals surface area contributed by atoms with E-state index in [0.717, 1.165) is 16.3 Å². The van der Waals surface area contributed by atoms with Crippen molar-refractivity contribution in [3.63, 3.8) is 0 Å². The van der Waals surface area contributed by atoms with Gasteiger partial charge in [0, 0.05) is 35.5 Å². The highest BCUT2D eigenvalue weighted by Crippen LogP contribution is 2.15. The van der Waals surface area contributed by atoms with Crippen molar-refractivity contribution in [2.24, 2.45) is 0 Å². The maximum atomic E-state index is 11.3. The second-order valence-electron chi connectivity index (χ2n) is 4.15. The van der Waals surface area contributed by atoms with Gasteiger partial charge in [0.15, 0.2) is 0 Å². The molecule has 0 unspecified atom stereocenters. The van der Waals surface area contributed by atoms with Gasteiger partial charge in [0.2, 0.25) is 0 Å². The number of benzene rings is 1. The Labute approximate surface area is 119 Å². The van der Waals surface area contributed by atoms with E-state index < -0.39 is 10.8 Å². The summed E-state index contributed by atoms with van der Waals surface area (Å²) in [6.07, 6.45) is 4.84. The van der Waals surface area contributed by atoms with Gasteiger partial charge in [-0.05, 0) is 17.7 Å². The summed E-state index contributed by atoms with van der Waals surface area (Å²) in [5.41, 5.74) is 1.11. The molecular weight excluding hydrogens is 282 g/mol. The van der Waals surface area contributed by atoms with Gasteiger partial charge in [0.05, 0.1) is 12.4 Å². The van der Waals surface area contributed by atoms with Crippen molar-refractivity contribution in [3.8, 4) is 0 Å². The van der Waals surface area contributed by atoms with Gasteiger partial charge in [0.1, 0.15) is 11.0 Å². The van der Waals surface area contributed by atoms with Gasteiger partial charge in [-0.1, -0.05) is 23.7 Å². The zero-order valence-corrected chi connectivity index (χ0v) is 12.3. The van der Waals surface area contributed by atoms with Gasteiger partial charge in [0.25, 0.3) is 0 Å². The zero-order chi connectivity index (χ0) is 13.8. The number of hydrogen-bond donors (Lipinski definition) is 0. The Morgan fingerprint density at radius 3 is 2.53 bits per heavy atom. The molecule has 0 spiro atoms. The average Bonchev–Trinajstić information content (AvgIpc) is 2.39. The van der Waals surface area contributed by atoms with Crippen LogP contribution in [0, 0.1) is 0 Å². The molecule has 1 aromatic carbocycles. The molecule has 1 aromatic heterocycles. The largest absolute Gasteiger partial charge is 0.354 e. The Morgan fingerprint density at radius 2 is 1.95 bits per heavy atom. The van der Waals surface area contributed by atoms with E-state index in [1.54, 1.807) is 12.5 Å². The molecule has 0 saturated carbocycles. The van der Waals surface area contributed by atoms with Crippen LogP contribution in [0.15, 0.2) is 41.6 Å². The van der Waals surface area contributed by atoms with Crippen molar-refractivity contribution in [1.29, 1.82) is 0 Å². The van der Waals surface area contributed by atoms with Crippen LogP contribution in [-0.2, 0) is 17.3 Å². The number of rotatable bonds is 4. The molecule has 0 amide bonds. The Bertz CT molecular complexity index is 589.